The van der Waals surface area contributed by atoms with Gasteiger partial charge in [0.15, 0.2) is 0 Å². The van der Waals surface area contributed by atoms with Crippen LogP contribution in [-0.2, 0) is 0 Å². The van der Waals surface area contributed by atoms with Crippen molar-refractivity contribution in [3.05, 3.63) is 24.3 Å². The molecular weight excluding hydrogens is 240 g/mol. The van der Waals surface area contributed by atoms with Crippen molar-refractivity contribution in [1.82, 2.24) is 5.32 Å². The number of methoxy groups -OCH3 is 1. The first-order chi connectivity index (χ1) is 9.24. The lowest BCUT2D eigenvalue weighted by Crippen LogP contribution is -2.41. The Hall–Kier alpha value is -1.26. The Morgan fingerprint density at radius 3 is 2.74 bits per heavy atom. The summed E-state index contributed by atoms with van der Waals surface area (Å²) in [6, 6.07) is 9.06. The van der Waals surface area contributed by atoms with Crippen molar-refractivity contribution in [2.24, 2.45) is 0 Å². The zero-order valence-electron chi connectivity index (χ0n) is 11.8. The first-order valence-corrected chi connectivity index (χ1v) is 6.99. The molecule has 0 amide bonds. The van der Waals surface area contributed by atoms with E-state index in [1.165, 1.54) is 5.69 Å². The van der Waals surface area contributed by atoms with Crippen molar-refractivity contribution >= 4 is 5.69 Å². The van der Waals surface area contributed by atoms with Crippen LogP contribution in [0.2, 0.25) is 0 Å². The minimum absolute atomic E-state index is 0.230. The molecule has 1 fully saturated rings. The third-order valence-electron chi connectivity index (χ3n) is 3.81. The van der Waals surface area contributed by atoms with Crippen molar-refractivity contribution in [3.8, 4) is 5.75 Å². The van der Waals surface area contributed by atoms with Crippen molar-refractivity contribution in [2.75, 3.05) is 31.7 Å². The molecule has 4 nitrogen and oxygen atoms in total. The highest BCUT2D eigenvalue weighted by atomic mass is 16.5. The summed E-state index contributed by atoms with van der Waals surface area (Å²) in [7, 11) is 1.68. The number of hydrogen-bond acceptors (Lipinski definition) is 4. The maximum Gasteiger partial charge on any atom is 0.119 e. The molecule has 1 aliphatic rings. The minimum atomic E-state index is 0.230. The van der Waals surface area contributed by atoms with Crippen LogP contribution in [0.1, 0.15) is 19.8 Å². The second-order valence-electron chi connectivity index (χ2n) is 5.16. The highest BCUT2D eigenvalue weighted by Crippen LogP contribution is 2.24. The van der Waals surface area contributed by atoms with Gasteiger partial charge in [0, 0.05) is 37.5 Å². The van der Waals surface area contributed by atoms with E-state index in [-0.39, 0.29) is 6.61 Å². The lowest BCUT2D eigenvalue weighted by molar-refractivity contribution is 0.272. The van der Waals surface area contributed by atoms with Crippen molar-refractivity contribution in [2.45, 2.75) is 31.8 Å². The molecule has 1 saturated heterocycles. The summed E-state index contributed by atoms with van der Waals surface area (Å²) in [5.74, 6) is 0.878. The Kier molecular flexibility index (Phi) is 5.05. The van der Waals surface area contributed by atoms with Crippen LogP contribution in [0.4, 0.5) is 5.69 Å². The lowest BCUT2D eigenvalue weighted by atomic mass is 10.1. The molecule has 1 heterocycles. The predicted octanol–water partition coefficient (Wildman–Crippen LogP) is 1.63. The van der Waals surface area contributed by atoms with E-state index in [2.05, 4.69) is 29.3 Å². The maximum absolute atomic E-state index is 9.25. The highest BCUT2D eigenvalue weighted by Gasteiger charge is 2.23. The Morgan fingerprint density at radius 1 is 1.37 bits per heavy atom. The lowest BCUT2D eigenvalue weighted by Gasteiger charge is -2.31. The highest BCUT2D eigenvalue weighted by molar-refractivity contribution is 5.50. The third-order valence-corrected chi connectivity index (χ3v) is 3.81. The number of nitrogens with one attached hydrogen (secondary N) is 1. The molecule has 2 rings (SSSR count). The van der Waals surface area contributed by atoms with Gasteiger partial charge in [0.25, 0.3) is 0 Å². The Bertz CT molecular complexity index is 380. The number of aliphatic hydroxyl groups excluding tert-OH is 1. The van der Waals surface area contributed by atoms with E-state index in [1.54, 1.807) is 7.11 Å². The molecular formula is C15H24N2O2. The van der Waals surface area contributed by atoms with Crippen LogP contribution >= 0.6 is 0 Å². The number of anilines is 1. The molecule has 106 valence electrons. The quantitative estimate of drug-likeness (QED) is 0.867. The fraction of sp³-hybridized carbons (Fsp3) is 0.600. The molecule has 0 radical (unpaired) electrons. The zero-order chi connectivity index (χ0) is 13.7. The van der Waals surface area contributed by atoms with Gasteiger partial charge >= 0.3 is 0 Å². The minimum Gasteiger partial charge on any atom is -0.497 e. The van der Waals surface area contributed by atoms with E-state index >= 15 is 0 Å². The first-order valence-electron chi connectivity index (χ1n) is 6.99. The van der Waals surface area contributed by atoms with Crippen molar-refractivity contribution < 1.29 is 9.84 Å². The number of nitrogens with zero attached hydrogens (tertiary/aromatic N) is 1. The van der Waals surface area contributed by atoms with Gasteiger partial charge in [0.2, 0.25) is 0 Å². The summed E-state index contributed by atoms with van der Waals surface area (Å²) >= 11 is 0. The standard InChI is InChI=1S/C15H24N2O2/c1-12-7-9-17(14(8-10-18)11-16-12)13-3-5-15(19-2)6-4-13/h3-6,12,14,16,18H,7-11H2,1-2H3. The molecule has 19 heavy (non-hydrogen) atoms. The average Bonchev–Trinajstić information content (AvgIpc) is 2.62. The monoisotopic (exact) mass is 264 g/mol. The van der Waals surface area contributed by atoms with Crippen LogP contribution in [0.25, 0.3) is 0 Å². The fourth-order valence-electron chi connectivity index (χ4n) is 2.59. The summed E-state index contributed by atoms with van der Waals surface area (Å²) < 4.78 is 5.20. The smallest absolute Gasteiger partial charge is 0.119 e. The van der Waals surface area contributed by atoms with Gasteiger partial charge < -0.3 is 20.1 Å². The Morgan fingerprint density at radius 2 is 2.11 bits per heavy atom. The molecule has 1 aliphatic heterocycles. The van der Waals surface area contributed by atoms with Gasteiger partial charge in [-0.1, -0.05) is 0 Å². The summed E-state index contributed by atoms with van der Waals surface area (Å²) in [6.07, 6.45) is 1.92. The molecule has 0 spiro atoms. The summed E-state index contributed by atoms with van der Waals surface area (Å²) in [5, 5.41) is 12.8. The Balaban J connectivity index is 2.16. The van der Waals surface area contributed by atoms with Gasteiger partial charge in [-0.25, -0.2) is 0 Å². The summed E-state index contributed by atoms with van der Waals surface area (Å²) in [6.45, 7) is 4.39. The van der Waals surface area contributed by atoms with Crippen molar-refractivity contribution in [1.29, 1.82) is 0 Å². The van der Waals surface area contributed by atoms with E-state index in [1.807, 2.05) is 12.1 Å². The van der Waals surface area contributed by atoms with E-state index < -0.39 is 0 Å². The van der Waals surface area contributed by atoms with Crippen LogP contribution in [-0.4, -0.2) is 44.0 Å². The fourth-order valence-corrected chi connectivity index (χ4v) is 2.59. The van der Waals surface area contributed by atoms with Gasteiger partial charge in [-0.3, -0.25) is 0 Å². The van der Waals surface area contributed by atoms with Crippen LogP contribution < -0.4 is 15.0 Å². The van der Waals surface area contributed by atoms with Crippen LogP contribution in [0.5, 0.6) is 5.75 Å². The van der Waals surface area contributed by atoms with Crippen LogP contribution in [0.3, 0.4) is 0 Å². The van der Waals surface area contributed by atoms with Crippen molar-refractivity contribution in [3.63, 3.8) is 0 Å². The molecule has 4 heteroatoms. The number of ether oxygens (including phenoxy) is 1. The second kappa shape index (κ2) is 6.78. The Labute approximate surface area is 115 Å². The normalized spacial score (nSPS) is 24.1. The second-order valence-corrected chi connectivity index (χ2v) is 5.16. The number of rotatable bonds is 4. The van der Waals surface area contributed by atoms with Gasteiger partial charge in [-0.15, -0.1) is 0 Å². The number of hydrogen-bond donors (Lipinski definition) is 2. The largest absolute Gasteiger partial charge is 0.497 e. The third kappa shape index (κ3) is 3.61. The molecule has 0 aliphatic carbocycles. The van der Waals surface area contributed by atoms with Crippen LogP contribution in [0.15, 0.2) is 24.3 Å². The number of aliphatic hydroxyl groups is 1. The van der Waals surface area contributed by atoms with E-state index in [0.29, 0.717) is 12.1 Å². The summed E-state index contributed by atoms with van der Waals surface area (Å²) in [4.78, 5) is 2.40. The zero-order valence-corrected chi connectivity index (χ0v) is 11.8. The predicted molar refractivity (Wildman–Crippen MR) is 77.9 cm³/mol. The maximum atomic E-state index is 9.25. The van der Waals surface area contributed by atoms with Gasteiger partial charge in [-0.2, -0.15) is 0 Å². The molecule has 1 aromatic rings. The molecule has 0 bridgehead atoms. The van der Waals surface area contributed by atoms with E-state index in [9.17, 15) is 5.11 Å². The number of benzene rings is 1. The van der Waals surface area contributed by atoms with Gasteiger partial charge in [0.05, 0.1) is 7.11 Å². The molecule has 0 aromatic heterocycles. The van der Waals surface area contributed by atoms with E-state index in [0.717, 1.165) is 31.7 Å². The summed E-state index contributed by atoms with van der Waals surface area (Å²) in [5.41, 5.74) is 1.20. The molecule has 1 aromatic carbocycles. The molecule has 2 atom stereocenters. The van der Waals surface area contributed by atoms with Gasteiger partial charge in [-0.05, 0) is 44.0 Å². The molecule has 2 N–H and O–H groups in total. The topological polar surface area (TPSA) is 44.7 Å². The average molecular weight is 264 g/mol. The van der Waals surface area contributed by atoms with E-state index in [4.69, 9.17) is 4.74 Å². The van der Waals surface area contributed by atoms with Gasteiger partial charge in [0.1, 0.15) is 5.75 Å². The SMILES string of the molecule is COc1ccc(N2CCC(C)NCC2CCO)cc1. The van der Waals surface area contributed by atoms with Crippen LogP contribution in [0, 0.1) is 0 Å². The molecule has 0 saturated carbocycles. The first kappa shape index (κ1) is 14.2. The molecule has 2 unspecified atom stereocenters.